The Bertz CT molecular complexity index is 254. The molecule has 4 N–H and O–H groups in total. The van der Waals surface area contributed by atoms with Crippen LogP contribution in [-0.4, -0.2) is 29.2 Å². The quantitative estimate of drug-likeness (QED) is 0.672. The Labute approximate surface area is 103 Å². The van der Waals surface area contributed by atoms with Crippen LogP contribution < -0.4 is 11.1 Å². The zero-order valence-electron chi connectivity index (χ0n) is 10.4. The van der Waals surface area contributed by atoms with Gasteiger partial charge in [-0.05, 0) is 51.4 Å². The molecular weight excluding hydrogens is 216 g/mol. The first-order valence-corrected chi connectivity index (χ1v) is 6.89. The molecule has 2 aliphatic carbocycles. The van der Waals surface area contributed by atoms with E-state index in [-0.39, 0.29) is 24.0 Å². The molecule has 0 aromatic rings. The fraction of sp³-hybridized carbons (Fsp3) is 0.923. The molecule has 0 aromatic heterocycles. The van der Waals surface area contributed by atoms with Crippen molar-refractivity contribution in [1.29, 1.82) is 0 Å². The van der Waals surface area contributed by atoms with Crippen LogP contribution in [0.5, 0.6) is 0 Å². The number of aliphatic hydroxyl groups is 1. The maximum Gasteiger partial charge on any atom is 0.223 e. The van der Waals surface area contributed by atoms with Crippen LogP contribution in [0.3, 0.4) is 0 Å². The molecule has 0 saturated heterocycles. The number of hydrogen-bond acceptors (Lipinski definition) is 3. The summed E-state index contributed by atoms with van der Waals surface area (Å²) in [4.78, 5) is 12.0. The van der Waals surface area contributed by atoms with Gasteiger partial charge in [0.05, 0.1) is 6.10 Å². The van der Waals surface area contributed by atoms with E-state index in [1.807, 2.05) is 0 Å². The van der Waals surface area contributed by atoms with Gasteiger partial charge in [-0.25, -0.2) is 0 Å². The van der Waals surface area contributed by atoms with Crippen LogP contribution in [0.15, 0.2) is 0 Å². The number of nitrogens with one attached hydrogen (secondary N) is 1. The van der Waals surface area contributed by atoms with E-state index < -0.39 is 0 Å². The lowest BCUT2D eigenvalue weighted by Crippen LogP contribution is -2.43. The van der Waals surface area contributed by atoms with Gasteiger partial charge in [0, 0.05) is 18.0 Å². The van der Waals surface area contributed by atoms with Gasteiger partial charge in [0.1, 0.15) is 0 Å². The number of amides is 1. The minimum atomic E-state index is -0.157. The standard InChI is InChI=1S/C13H24N2O2/c14-10-3-1-9(2-4-10)13(17)15-11-5-7-12(16)8-6-11/h9-12,16H,1-8,14H2,(H,15,17). The molecule has 1 amide bonds. The van der Waals surface area contributed by atoms with Gasteiger partial charge in [-0.3, -0.25) is 4.79 Å². The topological polar surface area (TPSA) is 75.4 Å². The first-order valence-electron chi connectivity index (χ1n) is 6.89. The van der Waals surface area contributed by atoms with Gasteiger partial charge in [-0.15, -0.1) is 0 Å². The van der Waals surface area contributed by atoms with Gasteiger partial charge in [-0.1, -0.05) is 0 Å². The van der Waals surface area contributed by atoms with Gasteiger partial charge in [0.2, 0.25) is 5.91 Å². The van der Waals surface area contributed by atoms with E-state index in [0.29, 0.717) is 6.04 Å². The van der Waals surface area contributed by atoms with Gasteiger partial charge >= 0.3 is 0 Å². The van der Waals surface area contributed by atoms with E-state index >= 15 is 0 Å². The van der Waals surface area contributed by atoms with Crippen molar-refractivity contribution in [2.75, 3.05) is 0 Å². The van der Waals surface area contributed by atoms with Crippen molar-refractivity contribution in [1.82, 2.24) is 5.32 Å². The Morgan fingerprint density at radius 2 is 1.59 bits per heavy atom. The molecule has 0 aliphatic heterocycles. The van der Waals surface area contributed by atoms with E-state index in [9.17, 15) is 9.90 Å². The van der Waals surface area contributed by atoms with Gasteiger partial charge in [0.25, 0.3) is 0 Å². The second kappa shape index (κ2) is 5.83. The Morgan fingerprint density at radius 3 is 2.18 bits per heavy atom. The summed E-state index contributed by atoms with van der Waals surface area (Å²) in [6.07, 6.45) is 7.13. The molecule has 2 aliphatic rings. The molecule has 2 fully saturated rings. The summed E-state index contributed by atoms with van der Waals surface area (Å²) in [5.74, 6) is 0.375. The second-order valence-corrected chi connectivity index (χ2v) is 5.63. The third-order valence-electron chi connectivity index (χ3n) is 4.19. The fourth-order valence-electron chi connectivity index (χ4n) is 2.92. The third-order valence-corrected chi connectivity index (χ3v) is 4.19. The highest BCUT2D eigenvalue weighted by atomic mass is 16.3. The average molecular weight is 240 g/mol. The SMILES string of the molecule is NC1CCC(C(=O)NC2CCC(O)CC2)CC1. The molecule has 0 atom stereocenters. The minimum Gasteiger partial charge on any atom is -0.393 e. The van der Waals surface area contributed by atoms with Crippen molar-refractivity contribution in [3.8, 4) is 0 Å². The van der Waals surface area contributed by atoms with E-state index in [2.05, 4.69) is 5.32 Å². The first kappa shape index (κ1) is 12.8. The number of nitrogens with two attached hydrogens (primary N) is 1. The molecule has 2 rings (SSSR count). The molecule has 2 saturated carbocycles. The summed E-state index contributed by atoms with van der Waals surface area (Å²) in [6.45, 7) is 0. The molecule has 17 heavy (non-hydrogen) atoms. The van der Waals surface area contributed by atoms with Crippen LogP contribution in [0.25, 0.3) is 0 Å². The zero-order chi connectivity index (χ0) is 12.3. The van der Waals surface area contributed by atoms with E-state index in [4.69, 9.17) is 5.73 Å². The molecule has 98 valence electrons. The van der Waals surface area contributed by atoms with Crippen LogP contribution >= 0.6 is 0 Å². The van der Waals surface area contributed by atoms with Gasteiger partial charge < -0.3 is 16.2 Å². The summed E-state index contributed by atoms with van der Waals surface area (Å²) in [5, 5.41) is 12.5. The van der Waals surface area contributed by atoms with Crippen molar-refractivity contribution >= 4 is 5.91 Å². The smallest absolute Gasteiger partial charge is 0.223 e. The van der Waals surface area contributed by atoms with Crippen molar-refractivity contribution in [3.63, 3.8) is 0 Å². The molecule has 0 spiro atoms. The maximum absolute atomic E-state index is 12.0. The third kappa shape index (κ3) is 3.68. The zero-order valence-corrected chi connectivity index (χ0v) is 10.4. The summed E-state index contributed by atoms with van der Waals surface area (Å²) in [5.41, 5.74) is 5.84. The predicted molar refractivity (Wildman–Crippen MR) is 66.3 cm³/mol. The number of carbonyl (C=O) groups excluding carboxylic acids is 1. The summed E-state index contributed by atoms with van der Waals surface area (Å²) < 4.78 is 0. The van der Waals surface area contributed by atoms with Crippen LogP contribution in [-0.2, 0) is 4.79 Å². The van der Waals surface area contributed by atoms with E-state index in [0.717, 1.165) is 51.4 Å². The monoisotopic (exact) mass is 240 g/mol. The second-order valence-electron chi connectivity index (χ2n) is 5.63. The predicted octanol–water partition coefficient (Wildman–Crippen LogP) is 0.924. The Hall–Kier alpha value is -0.610. The normalized spacial score (nSPS) is 38.7. The van der Waals surface area contributed by atoms with Gasteiger partial charge in [0.15, 0.2) is 0 Å². The lowest BCUT2D eigenvalue weighted by Gasteiger charge is -2.30. The van der Waals surface area contributed by atoms with Crippen molar-refractivity contribution in [3.05, 3.63) is 0 Å². The summed E-state index contributed by atoms with van der Waals surface area (Å²) in [7, 11) is 0. The van der Waals surface area contributed by atoms with Gasteiger partial charge in [-0.2, -0.15) is 0 Å². The lowest BCUT2D eigenvalue weighted by molar-refractivity contribution is -0.127. The largest absolute Gasteiger partial charge is 0.393 e. The van der Waals surface area contributed by atoms with Crippen LogP contribution in [0.4, 0.5) is 0 Å². The first-order chi connectivity index (χ1) is 8.15. The number of aliphatic hydroxyl groups excluding tert-OH is 1. The number of hydrogen-bond donors (Lipinski definition) is 3. The fourth-order valence-corrected chi connectivity index (χ4v) is 2.92. The Morgan fingerprint density at radius 1 is 1.00 bits per heavy atom. The van der Waals surface area contributed by atoms with E-state index in [1.54, 1.807) is 0 Å². The van der Waals surface area contributed by atoms with Crippen molar-refractivity contribution < 1.29 is 9.90 Å². The maximum atomic E-state index is 12.0. The summed E-state index contributed by atoms with van der Waals surface area (Å²) >= 11 is 0. The highest BCUT2D eigenvalue weighted by molar-refractivity contribution is 5.79. The molecule has 0 bridgehead atoms. The molecule has 0 radical (unpaired) electrons. The highest BCUT2D eigenvalue weighted by Gasteiger charge is 2.27. The number of rotatable bonds is 2. The van der Waals surface area contributed by atoms with Crippen LogP contribution in [0, 0.1) is 5.92 Å². The lowest BCUT2D eigenvalue weighted by atomic mass is 9.85. The average Bonchev–Trinajstić information content (AvgIpc) is 2.33. The molecule has 4 nitrogen and oxygen atoms in total. The molecule has 0 aromatic carbocycles. The minimum absolute atomic E-state index is 0.157. The summed E-state index contributed by atoms with van der Waals surface area (Å²) in [6, 6.07) is 0.574. The van der Waals surface area contributed by atoms with E-state index in [1.165, 1.54) is 0 Å². The molecule has 0 heterocycles. The molecule has 4 heteroatoms. The molecule has 0 unspecified atom stereocenters. The Balaban J connectivity index is 1.73. The van der Waals surface area contributed by atoms with Crippen molar-refractivity contribution in [2.24, 2.45) is 11.7 Å². The number of carbonyl (C=O) groups is 1. The van der Waals surface area contributed by atoms with Crippen molar-refractivity contribution in [2.45, 2.75) is 69.6 Å². The highest BCUT2D eigenvalue weighted by Crippen LogP contribution is 2.24. The molecular formula is C13H24N2O2. The van der Waals surface area contributed by atoms with Crippen LogP contribution in [0.1, 0.15) is 51.4 Å². The Kier molecular flexibility index (Phi) is 4.40. The van der Waals surface area contributed by atoms with Crippen LogP contribution in [0.2, 0.25) is 0 Å².